The van der Waals surface area contributed by atoms with Crippen LogP contribution in [0.2, 0.25) is 0 Å². The third-order valence-corrected chi connectivity index (χ3v) is 4.62. The lowest BCUT2D eigenvalue weighted by Gasteiger charge is -2.26. The lowest BCUT2D eigenvalue weighted by Crippen LogP contribution is -2.38. The van der Waals surface area contributed by atoms with Crippen LogP contribution >= 0.6 is 0 Å². The first-order valence-electron chi connectivity index (χ1n) is 8.55. The smallest absolute Gasteiger partial charge is 0.263 e. The summed E-state index contributed by atoms with van der Waals surface area (Å²) < 4.78 is 12.4. The Balaban J connectivity index is 1.81. The Morgan fingerprint density at radius 3 is 2.54 bits per heavy atom. The number of morpholine rings is 1. The van der Waals surface area contributed by atoms with Crippen molar-refractivity contribution in [2.24, 2.45) is 0 Å². The fraction of sp³-hybridized carbons (Fsp3) is 0.389. The van der Waals surface area contributed by atoms with Crippen LogP contribution in [0.3, 0.4) is 0 Å². The normalized spacial score (nSPS) is 14.8. The molecule has 1 aliphatic rings. The van der Waals surface area contributed by atoms with Crippen LogP contribution < -0.4 is 15.2 Å². The van der Waals surface area contributed by atoms with Crippen molar-refractivity contribution >= 4 is 17.0 Å². The number of H-pyrrole nitrogens is 1. The number of fused-ring (bicyclic) bond motifs is 1. The molecular weight excluding hydrogens is 334 g/mol. The number of anilines is 1. The van der Waals surface area contributed by atoms with Gasteiger partial charge in [0, 0.05) is 19.3 Å². The molecule has 8 heteroatoms. The van der Waals surface area contributed by atoms with Gasteiger partial charge in [0.1, 0.15) is 11.1 Å². The van der Waals surface area contributed by atoms with Gasteiger partial charge in [-0.2, -0.15) is 4.98 Å². The maximum Gasteiger partial charge on any atom is 0.263 e. The molecule has 0 atom stereocenters. The van der Waals surface area contributed by atoms with Crippen LogP contribution in [0.1, 0.15) is 11.1 Å². The van der Waals surface area contributed by atoms with Crippen molar-refractivity contribution in [2.75, 3.05) is 38.3 Å². The van der Waals surface area contributed by atoms with Crippen LogP contribution in [0.5, 0.6) is 5.75 Å². The summed E-state index contributed by atoms with van der Waals surface area (Å²) in [6.07, 6.45) is 1.73. The second kappa shape index (κ2) is 6.45. The van der Waals surface area contributed by atoms with Gasteiger partial charge < -0.3 is 14.4 Å². The molecule has 26 heavy (non-hydrogen) atoms. The summed E-state index contributed by atoms with van der Waals surface area (Å²) in [7, 11) is 1.65. The van der Waals surface area contributed by atoms with Crippen molar-refractivity contribution in [2.45, 2.75) is 13.8 Å². The van der Waals surface area contributed by atoms with Gasteiger partial charge in [0.05, 0.1) is 26.0 Å². The number of nitrogens with zero attached hydrogens (tertiary/aromatic N) is 4. The molecule has 8 nitrogen and oxygen atoms in total. The Bertz CT molecular complexity index is 994. The molecule has 4 rings (SSSR count). The van der Waals surface area contributed by atoms with Crippen LogP contribution in [0.15, 0.2) is 23.1 Å². The lowest BCUT2D eigenvalue weighted by molar-refractivity contribution is 0.122. The molecule has 0 aliphatic carbocycles. The molecule has 3 aromatic rings. The van der Waals surface area contributed by atoms with E-state index in [2.05, 4.69) is 15.1 Å². The van der Waals surface area contributed by atoms with Crippen molar-refractivity contribution in [3.05, 3.63) is 39.8 Å². The van der Waals surface area contributed by atoms with Crippen molar-refractivity contribution in [3.8, 4) is 11.4 Å². The third kappa shape index (κ3) is 2.82. The summed E-state index contributed by atoms with van der Waals surface area (Å²) in [5.41, 5.74) is 3.20. The van der Waals surface area contributed by atoms with Gasteiger partial charge in [-0.25, -0.2) is 4.68 Å². The third-order valence-electron chi connectivity index (χ3n) is 4.62. The number of ether oxygens (including phenoxy) is 2. The molecule has 0 spiro atoms. The molecule has 2 aromatic heterocycles. The van der Waals surface area contributed by atoms with E-state index in [1.807, 2.05) is 30.9 Å². The zero-order valence-electron chi connectivity index (χ0n) is 15.1. The van der Waals surface area contributed by atoms with Gasteiger partial charge >= 0.3 is 0 Å². The van der Waals surface area contributed by atoms with Crippen LogP contribution in [-0.2, 0) is 4.74 Å². The number of aryl methyl sites for hydroxylation is 2. The molecule has 0 unspecified atom stereocenters. The Kier molecular flexibility index (Phi) is 4.12. The number of hydrogen-bond acceptors (Lipinski definition) is 6. The summed E-state index contributed by atoms with van der Waals surface area (Å²) >= 11 is 0. The highest BCUT2D eigenvalue weighted by Gasteiger charge is 2.17. The Morgan fingerprint density at radius 1 is 1.19 bits per heavy atom. The van der Waals surface area contributed by atoms with Crippen molar-refractivity contribution in [1.29, 1.82) is 0 Å². The molecule has 0 amide bonds. The number of aromatic amines is 1. The largest absolute Gasteiger partial charge is 0.497 e. The summed E-state index contributed by atoms with van der Waals surface area (Å²) in [5, 5.41) is 5.03. The van der Waals surface area contributed by atoms with E-state index in [9.17, 15) is 4.79 Å². The van der Waals surface area contributed by atoms with Gasteiger partial charge in [-0.15, -0.1) is 5.10 Å². The number of aromatic nitrogens is 4. The molecule has 1 saturated heterocycles. The Labute approximate surface area is 150 Å². The van der Waals surface area contributed by atoms with Gasteiger partial charge in [-0.05, 0) is 37.1 Å². The minimum atomic E-state index is -0.188. The number of hydrogen-bond donors (Lipinski definition) is 1. The highest BCUT2D eigenvalue weighted by atomic mass is 16.5. The molecule has 1 aliphatic heterocycles. The lowest BCUT2D eigenvalue weighted by atomic mass is 10.1. The second-order valence-electron chi connectivity index (χ2n) is 6.41. The van der Waals surface area contributed by atoms with Crippen molar-refractivity contribution in [3.63, 3.8) is 0 Å². The fourth-order valence-electron chi connectivity index (χ4n) is 3.34. The summed E-state index contributed by atoms with van der Waals surface area (Å²) in [6.45, 7) is 6.64. The first-order valence-corrected chi connectivity index (χ1v) is 8.55. The molecule has 0 bridgehead atoms. The summed E-state index contributed by atoms with van der Waals surface area (Å²) in [4.78, 5) is 22.0. The van der Waals surface area contributed by atoms with E-state index in [1.54, 1.807) is 18.0 Å². The molecule has 1 fully saturated rings. The molecule has 0 saturated carbocycles. The van der Waals surface area contributed by atoms with Crippen LogP contribution in [0, 0.1) is 13.8 Å². The highest BCUT2D eigenvalue weighted by Crippen LogP contribution is 2.25. The van der Waals surface area contributed by atoms with Crippen LogP contribution in [0.4, 0.5) is 5.95 Å². The zero-order chi connectivity index (χ0) is 18.3. The predicted octanol–water partition coefficient (Wildman–Crippen LogP) is 1.57. The van der Waals surface area contributed by atoms with E-state index in [4.69, 9.17) is 9.47 Å². The van der Waals surface area contributed by atoms with Gasteiger partial charge in [-0.3, -0.25) is 9.78 Å². The van der Waals surface area contributed by atoms with Gasteiger partial charge in [0.2, 0.25) is 5.95 Å². The average Bonchev–Trinajstić information content (AvgIpc) is 3.06. The Morgan fingerprint density at radius 2 is 1.88 bits per heavy atom. The van der Waals surface area contributed by atoms with Gasteiger partial charge in [0.25, 0.3) is 5.56 Å². The van der Waals surface area contributed by atoms with Gasteiger partial charge in [0.15, 0.2) is 5.65 Å². The van der Waals surface area contributed by atoms with Crippen molar-refractivity contribution in [1.82, 2.24) is 19.7 Å². The molecule has 1 aromatic carbocycles. The van der Waals surface area contributed by atoms with E-state index in [0.29, 0.717) is 43.3 Å². The minimum absolute atomic E-state index is 0.188. The first-order chi connectivity index (χ1) is 12.6. The van der Waals surface area contributed by atoms with Gasteiger partial charge in [-0.1, -0.05) is 0 Å². The monoisotopic (exact) mass is 355 g/mol. The van der Waals surface area contributed by atoms with E-state index in [-0.39, 0.29) is 5.56 Å². The number of methoxy groups -OCH3 is 1. The summed E-state index contributed by atoms with van der Waals surface area (Å²) in [6, 6.07) is 3.90. The minimum Gasteiger partial charge on any atom is -0.497 e. The quantitative estimate of drug-likeness (QED) is 0.768. The number of benzene rings is 1. The molecule has 136 valence electrons. The number of nitrogens with one attached hydrogen (secondary N) is 1. The Hall–Kier alpha value is -2.87. The highest BCUT2D eigenvalue weighted by molar-refractivity contribution is 5.75. The molecule has 0 radical (unpaired) electrons. The van der Waals surface area contributed by atoms with Crippen molar-refractivity contribution < 1.29 is 9.47 Å². The standard InChI is InChI=1S/C18H21N5O3/c1-11-8-13(25-3)9-12(2)15(11)23-10-14-16(21-23)19-18(20-17(14)24)22-4-6-26-7-5-22/h8-10H,4-7H2,1-3H3,(H,19,20,21,24). The average molecular weight is 355 g/mol. The summed E-state index contributed by atoms with van der Waals surface area (Å²) in [5.74, 6) is 1.34. The molecule has 3 heterocycles. The molecular formula is C18H21N5O3. The second-order valence-corrected chi connectivity index (χ2v) is 6.41. The van der Waals surface area contributed by atoms with Crippen LogP contribution in [0.25, 0.3) is 16.7 Å². The fourth-order valence-corrected chi connectivity index (χ4v) is 3.34. The van der Waals surface area contributed by atoms with E-state index in [1.165, 1.54) is 0 Å². The van der Waals surface area contributed by atoms with E-state index < -0.39 is 0 Å². The predicted molar refractivity (Wildman–Crippen MR) is 98.5 cm³/mol. The first kappa shape index (κ1) is 16.6. The topological polar surface area (TPSA) is 85.3 Å². The maximum atomic E-state index is 12.5. The maximum absolute atomic E-state index is 12.5. The number of rotatable bonds is 3. The van der Waals surface area contributed by atoms with E-state index >= 15 is 0 Å². The van der Waals surface area contributed by atoms with E-state index in [0.717, 1.165) is 22.6 Å². The SMILES string of the molecule is COc1cc(C)c(-n2cc3c(=O)[nH]c(N4CCOCC4)nc3n2)c(C)c1. The zero-order valence-corrected chi connectivity index (χ0v) is 15.1. The molecule has 1 N–H and O–H groups in total. The van der Waals surface area contributed by atoms with Crippen LogP contribution in [-0.4, -0.2) is 53.2 Å².